The van der Waals surface area contributed by atoms with Crippen LogP contribution in [0.25, 0.3) is 0 Å². The van der Waals surface area contributed by atoms with Gasteiger partial charge >= 0.3 is 0 Å². The maximum atomic E-state index is 10.7. The minimum atomic E-state index is -0.274. The second-order valence-corrected chi connectivity index (χ2v) is 5.37. The van der Waals surface area contributed by atoms with Crippen molar-refractivity contribution in [3.05, 3.63) is 70.8 Å². The van der Waals surface area contributed by atoms with E-state index in [4.69, 9.17) is 4.74 Å². The lowest BCUT2D eigenvalue weighted by Gasteiger charge is -2.19. The molecule has 1 aliphatic carbocycles. The van der Waals surface area contributed by atoms with Crippen LogP contribution in [0.3, 0.4) is 0 Å². The number of ether oxygens (including phenoxy) is 1. The van der Waals surface area contributed by atoms with Crippen LogP contribution in [0, 0.1) is 11.8 Å². The van der Waals surface area contributed by atoms with Crippen molar-refractivity contribution < 1.29 is 14.3 Å². The molecular weight excluding hydrogens is 300 g/mol. The molecule has 0 aliphatic heterocycles. The molecular formula is C21H20O3. The highest BCUT2D eigenvalue weighted by molar-refractivity contribution is 5.53. The predicted octanol–water partition coefficient (Wildman–Crippen LogP) is 3.84. The number of unbranched alkanes of at least 4 members (excludes halogenated alkanes) is 1. The molecule has 1 atom stereocenters. The van der Waals surface area contributed by atoms with Crippen LogP contribution in [-0.4, -0.2) is 12.8 Å². The fourth-order valence-corrected chi connectivity index (χ4v) is 2.46. The molecule has 0 radical (unpaired) electrons. The first-order chi connectivity index (χ1) is 11.8. The molecule has 0 heterocycles. The summed E-state index contributed by atoms with van der Waals surface area (Å²) in [4.78, 5) is 20.1. The van der Waals surface area contributed by atoms with E-state index in [9.17, 15) is 9.59 Å². The smallest absolute Gasteiger partial charge is 0.293 e. The largest absolute Gasteiger partial charge is 0.459 e. The van der Waals surface area contributed by atoms with Crippen LogP contribution in [0.1, 0.15) is 48.1 Å². The fraction of sp³-hybridized carbons (Fsp3) is 0.238. The molecule has 0 spiro atoms. The van der Waals surface area contributed by atoms with Crippen molar-refractivity contribution in [2.45, 2.75) is 32.3 Å². The third-order valence-corrected chi connectivity index (χ3v) is 3.69. The quantitative estimate of drug-likeness (QED) is 0.635. The zero-order valence-electron chi connectivity index (χ0n) is 13.7. The third-order valence-electron chi connectivity index (χ3n) is 3.69. The molecule has 122 valence electrons. The molecule has 0 saturated heterocycles. The first kappa shape index (κ1) is 17.5. The van der Waals surface area contributed by atoms with E-state index in [1.165, 1.54) is 0 Å². The second-order valence-electron chi connectivity index (χ2n) is 5.37. The molecule has 3 nitrogen and oxygen atoms in total. The first-order valence-corrected chi connectivity index (χ1v) is 8.01. The highest BCUT2D eigenvalue weighted by Crippen LogP contribution is 2.27. The van der Waals surface area contributed by atoms with Gasteiger partial charge in [0.05, 0.1) is 0 Å². The Hall–Kier alpha value is -2.86. The van der Waals surface area contributed by atoms with Crippen molar-refractivity contribution in [3.63, 3.8) is 0 Å². The number of aldehydes is 1. The van der Waals surface area contributed by atoms with Gasteiger partial charge in [-0.05, 0) is 24.1 Å². The molecule has 1 aliphatic rings. The Balaban J connectivity index is 0.000000368. The zero-order chi connectivity index (χ0) is 17.2. The molecule has 0 N–H and O–H groups in total. The highest BCUT2D eigenvalue weighted by atomic mass is 16.5. The minimum absolute atomic E-state index is 0.274. The van der Waals surface area contributed by atoms with Gasteiger partial charge in [0.25, 0.3) is 6.47 Å². The predicted molar refractivity (Wildman–Crippen MR) is 93.4 cm³/mol. The molecule has 2 aromatic rings. The highest BCUT2D eigenvalue weighted by Gasteiger charge is 2.19. The topological polar surface area (TPSA) is 43.4 Å². The first-order valence-electron chi connectivity index (χ1n) is 8.01. The fourth-order valence-electron chi connectivity index (χ4n) is 2.46. The van der Waals surface area contributed by atoms with Crippen LogP contribution in [0.2, 0.25) is 0 Å². The van der Waals surface area contributed by atoms with Gasteiger partial charge in [0, 0.05) is 29.5 Å². The maximum absolute atomic E-state index is 10.7. The number of carbonyl (C=O) groups is 2. The van der Waals surface area contributed by atoms with Crippen molar-refractivity contribution in [3.8, 4) is 11.8 Å². The molecule has 0 aromatic heterocycles. The zero-order valence-corrected chi connectivity index (χ0v) is 13.7. The normalized spacial score (nSPS) is 14.1. The van der Waals surface area contributed by atoms with Gasteiger partial charge in [0.2, 0.25) is 0 Å². The van der Waals surface area contributed by atoms with Crippen LogP contribution in [0.15, 0.2) is 48.5 Å². The van der Waals surface area contributed by atoms with Gasteiger partial charge in [-0.2, -0.15) is 0 Å². The molecule has 3 rings (SSSR count). The SMILES string of the molecule is CCCC=O.O=COC1Cc2ccccc2C#Cc2ccccc21. The summed E-state index contributed by atoms with van der Waals surface area (Å²) >= 11 is 0. The van der Waals surface area contributed by atoms with Gasteiger partial charge in [-0.3, -0.25) is 4.79 Å². The van der Waals surface area contributed by atoms with Crippen LogP contribution in [0.5, 0.6) is 0 Å². The average molecular weight is 320 g/mol. The van der Waals surface area contributed by atoms with Gasteiger partial charge in [-0.1, -0.05) is 55.2 Å². The van der Waals surface area contributed by atoms with Crippen LogP contribution >= 0.6 is 0 Å². The van der Waals surface area contributed by atoms with E-state index >= 15 is 0 Å². The van der Waals surface area contributed by atoms with Gasteiger partial charge in [-0.25, -0.2) is 0 Å². The van der Waals surface area contributed by atoms with Crippen molar-refractivity contribution in [2.24, 2.45) is 0 Å². The molecule has 0 bridgehead atoms. The van der Waals surface area contributed by atoms with E-state index in [0.29, 0.717) is 19.3 Å². The summed E-state index contributed by atoms with van der Waals surface area (Å²) in [6, 6.07) is 15.8. The van der Waals surface area contributed by atoms with E-state index in [2.05, 4.69) is 11.8 Å². The van der Waals surface area contributed by atoms with Crippen LogP contribution in [0.4, 0.5) is 0 Å². The summed E-state index contributed by atoms with van der Waals surface area (Å²) in [5.41, 5.74) is 3.99. The molecule has 1 unspecified atom stereocenters. The Morgan fingerprint density at radius 2 is 1.71 bits per heavy atom. The van der Waals surface area contributed by atoms with E-state index in [1.807, 2.05) is 55.5 Å². The molecule has 0 amide bonds. The number of hydrogen-bond donors (Lipinski definition) is 0. The van der Waals surface area contributed by atoms with Gasteiger partial charge in [0.1, 0.15) is 12.4 Å². The van der Waals surface area contributed by atoms with Crippen molar-refractivity contribution in [2.75, 3.05) is 0 Å². The summed E-state index contributed by atoms with van der Waals surface area (Å²) in [7, 11) is 0. The van der Waals surface area contributed by atoms with E-state index in [-0.39, 0.29) is 6.10 Å². The average Bonchev–Trinajstić information content (AvgIpc) is 2.60. The molecule has 3 heteroatoms. The van der Waals surface area contributed by atoms with Crippen LogP contribution in [-0.2, 0) is 20.7 Å². The molecule has 0 saturated carbocycles. The summed E-state index contributed by atoms with van der Waals surface area (Å²) in [6.45, 7) is 2.49. The minimum Gasteiger partial charge on any atom is -0.459 e. The summed E-state index contributed by atoms with van der Waals surface area (Å²) in [5, 5.41) is 0. The Labute approximate surface area is 142 Å². The lowest BCUT2D eigenvalue weighted by atomic mass is 9.92. The molecule has 2 aromatic carbocycles. The Morgan fingerprint density at radius 3 is 2.38 bits per heavy atom. The monoisotopic (exact) mass is 320 g/mol. The summed E-state index contributed by atoms with van der Waals surface area (Å²) < 4.78 is 5.25. The number of rotatable bonds is 4. The van der Waals surface area contributed by atoms with Gasteiger partial charge in [0.15, 0.2) is 0 Å². The van der Waals surface area contributed by atoms with Gasteiger partial charge < -0.3 is 9.53 Å². The van der Waals surface area contributed by atoms with Crippen molar-refractivity contribution >= 4 is 12.8 Å². The number of benzene rings is 2. The standard InChI is InChI=1S/C17H12O2.C4H8O/c18-12-19-17-11-15-7-2-1-5-13(15)9-10-14-6-3-4-8-16(14)17;1-2-3-4-5/h1-8,12,17H,11H2;4H,2-3H2,1H3. The van der Waals surface area contributed by atoms with E-state index in [0.717, 1.165) is 35.0 Å². The molecule has 24 heavy (non-hydrogen) atoms. The van der Waals surface area contributed by atoms with Crippen LogP contribution < -0.4 is 0 Å². The number of hydrogen-bond acceptors (Lipinski definition) is 3. The van der Waals surface area contributed by atoms with Crippen molar-refractivity contribution in [1.29, 1.82) is 0 Å². The second kappa shape index (κ2) is 9.32. The summed E-state index contributed by atoms with van der Waals surface area (Å²) in [5.74, 6) is 6.35. The Kier molecular flexibility index (Phi) is 6.79. The number of fused-ring (bicyclic) bond motifs is 2. The maximum Gasteiger partial charge on any atom is 0.293 e. The summed E-state index contributed by atoms with van der Waals surface area (Å²) in [6.07, 6.45) is 2.99. The van der Waals surface area contributed by atoms with E-state index < -0.39 is 0 Å². The number of carbonyl (C=O) groups excluding carboxylic acids is 2. The third kappa shape index (κ3) is 4.57. The molecule has 0 fully saturated rings. The lowest BCUT2D eigenvalue weighted by Crippen LogP contribution is -2.11. The lowest BCUT2D eigenvalue weighted by molar-refractivity contribution is -0.133. The Morgan fingerprint density at radius 1 is 1.04 bits per heavy atom. The van der Waals surface area contributed by atoms with Crippen molar-refractivity contribution in [1.82, 2.24) is 0 Å². The Bertz CT molecular complexity index is 753. The van der Waals surface area contributed by atoms with E-state index in [1.54, 1.807) is 0 Å². The van der Waals surface area contributed by atoms with Gasteiger partial charge in [-0.15, -0.1) is 0 Å².